The fourth-order valence-corrected chi connectivity index (χ4v) is 3.31. The number of rotatable bonds is 4. The van der Waals surface area contributed by atoms with Gasteiger partial charge in [0.1, 0.15) is 6.04 Å². The maximum Gasteiger partial charge on any atom is 0.327 e. The van der Waals surface area contributed by atoms with Gasteiger partial charge < -0.3 is 4.74 Å². The van der Waals surface area contributed by atoms with Crippen molar-refractivity contribution in [3.63, 3.8) is 0 Å². The normalized spacial score (nSPS) is 18.0. The molecule has 21 heavy (non-hydrogen) atoms. The van der Waals surface area contributed by atoms with Crippen molar-refractivity contribution in [3.05, 3.63) is 33.3 Å². The van der Waals surface area contributed by atoms with Crippen molar-refractivity contribution in [1.29, 1.82) is 0 Å². The maximum atomic E-state index is 12.1. The van der Waals surface area contributed by atoms with E-state index in [9.17, 15) is 4.79 Å². The average molecular weight is 375 g/mol. The Bertz CT molecular complexity index is 487. The lowest BCUT2D eigenvalue weighted by Crippen LogP contribution is -2.37. The van der Waals surface area contributed by atoms with Crippen LogP contribution in [0.1, 0.15) is 50.1 Å². The first kappa shape index (κ1) is 16.8. The fraction of sp³-hybridized carbons (Fsp3) is 0.562. The van der Waals surface area contributed by atoms with Gasteiger partial charge in [0, 0.05) is 10.5 Å². The topological polar surface area (TPSA) is 38.3 Å². The van der Waals surface area contributed by atoms with Crippen LogP contribution in [0, 0.1) is 0 Å². The molecule has 3 nitrogen and oxygen atoms in total. The van der Waals surface area contributed by atoms with Crippen LogP contribution >= 0.6 is 27.5 Å². The standard InChI is InChI=1S/C16H21BrClNO2/c1-21-16(20)15(11-8-9-14(18)13(17)10-11)19-12-6-4-2-3-5-7-12/h8-10,12,15,19H,2-7H2,1H3. The van der Waals surface area contributed by atoms with Crippen LogP contribution in [0.4, 0.5) is 0 Å². The molecule has 1 aromatic carbocycles. The Balaban J connectivity index is 2.17. The number of halogens is 2. The summed E-state index contributed by atoms with van der Waals surface area (Å²) in [6, 6.07) is 5.48. The monoisotopic (exact) mass is 373 g/mol. The molecule has 0 aromatic heterocycles. The van der Waals surface area contributed by atoms with E-state index < -0.39 is 6.04 Å². The van der Waals surface area contributed by atoms with Crippen LogP contribution in [-0.2, 0) is 9.53 Å². The molecule has 1 saturated carbocycles. The molecule has 0 amide bonds. The van der Waals surface area contributed by atoms with E-state index in [2.05, 4.69) is 21.2 Å². The molecule has 1 atom stereocenters. The second kappa shape index (κ2) is 8.16. The largest absolute Gasteiger partial charge is 0.468 e. The minimum absolute atomic E-state index is 0.256. The van der Waals surface area contributed by atoms with E-state index in [0.29, 0.717) is 11.1 Å². The van der Waals surface area contributed by atoms with Crippen molar-refractivity contribution >= 4 is 33.5 Å². The highest BCUT2D eigenvalue weighted by atomic mass is 79.9. The van der Waals surface area contributed by atoms with E-state index in [1.165, 1.54) is 32.8 Å². The van der Waals surface area contributed by atoms with Gasteiger partial charge in [0.2, 0.25) is 0 Å². The Morgan fingerprint density at radius 3 is 2.57 bits per heavy atom. The zero-order valence-corrected chi connectivity index (χ0v) is 14.5. The summed E-state index contributed by atoms with van der Waals surface area (Å²) in [6.07, 6.45) is 7.23. The summed E-state index contributed by atoms with van der Waals surface area (Å²) in [4.78, 5) is 12.1. The highest BCUT2D eigenvalue weighted by Crippen LogP contribution is 2.28. The first-order valence-corrected chi connectivity index (χ1v) is 8.57. The average Bonchev–Trinajstić information content (AvgIpc) is 2.75. The van der Waals surface area contributed by atoms with E-state index in [1.807, 2.05) is 12.1 Å². The lowest BCUT2D eigenvalue weighted by molar-refractivity contribution is -0.143. The molecular formula is C16H21BrClNO2. The minimum atomic E-state index is -0.438. The predicted molar refractivity (Wildman–Crippen MR) is 88.5 cm³/mol. The summed E-state index contributed by atoms with van der Waals surface area (Å²) in [6.45, 7) is 0. The van der Waals surface area contributed by atoms with E-state index in [0.717, 1.165) is 22.9 Å². The van der Waals surface area contributed by atoms with Crippen molar-refractivity contribution in [2.75, 3.05) is 7.11 Å². The smallest absolute Gasteiger partial charge is 0.327 e. The molecule has 0 bridgehead atoms. The van der Waals surface area contributed by atoms with Crippen LogP contribution in [0.25, 0.3) is 0 Å². The Kier molecular flexibility index (Phi) is 6.52. The highest BCUT2D eigenvalue weighted by Gasteiger charge is 2.25. The van der Waals surface area contributed by atoms with Gasteiger partial charge >= 0.3 is 5.97 Å². The molecule has 1 fully saturated rings. The molecule has 0 aliphatic heterocycles. The molecule has 5 heteroatoms. The molecule has 2 rings (SSSR count). The Morgan fingerprint density at radius 1 is 1.33 bits per heavy atom. The fourth-order valence-electron chi connectivity index (χ4n) is 2.79. The van der Waals surface area contributed by atoms with E-state index >= 15 is 0 Å². The van der Waals surface area contributed by atoms with Crippen LogP contribution < -0.4 is 5.32 Å². The van der Waals surface area contributed by atoms with Crippen molar-refractivity contribution < 1.29 is 9.53 Å². The zero-order valence-electron chi connectivity index (χ0n) is 12.2. The number of carbonyl (C=O) groups excluding carboxylic acids is 1. The van der Waals surface area contributed by atoms with Crippen molar-refractivity contribution in [1.82, 2.24) is 5.32 Å². The highest BCUT2D eigenvalue weighted by molar-refractivity contribution is 9.10. The zero-order chi connectivity index (χ0) is 15.2. The van der Waals surface area contributed by atoms with Gasteiger partial charge in [-0.15, -0.1) is 0 Å². The van der Waals surface area contributed by atoms with Crippen LogP contribution in [-0.4, -0.2) is 19.1 Å². The van der Waals surface area contributed by atoms with Gasteiger partial charge in [0.25, 0.3) is 0 Å². The maximum absolute atomic E-state index is 12.1. The van der Waals surface area contributed by atoms with E-state index in [-0.39, 0.29) is 5.97 Å². The van der Waals surface area contributed by atoms with Crippen LogP contribution in [0.5, 0.6) is 0 Å². The van der Waals surface area contributed by atoms with Gasteiger partial charge in [0.15, 0.2) is 0 Å². The third-order valence-corrected chi connectivity index (χ3v) is 5.19. The van der Waals surface area contributed by atoms with Gasteiger partial charge in [-0.1, -0.05) is 43.4 Å². The summed E-state index contributed by atoms with van der Waals surface area (Å²) in [5.41, 5.74) is 0.877. The summed E-state index contributed by atoms with van der Waals surface area (Å²) in [7, 11) is 1.43. The first-order chi connectivity index (χ1) is 10.1. The second-order valence-electron chi connectivity index (χ2n) is 5.48. The molecule has 1 aliphatic rings. The number of esters is 1. The quantitative estimate of drug-likeness (QED) is 0.617. The molecule has 0 radical (unpaired) electrons. The SMILES string of the molecule is COC(=O)C(NC1CCCCCC1)c1ccc(Cl)c(Br)c1. The molecule has 1 aliphatic carbocycles. The van der Waals surface area contributed by atoms with Gasteiger partial charge in [-0.2, -0.15) is 0 Å². The van der Waals surface area contributed by atoms with E-state index in [1.54, 1.807) is 6.07 Å². The molecular weight excluding hydrogens is 354 g/mol. The number of methoxy groups -OCH3 is 1. The third-order valence-electron chi connectivity index (χ3n) is 3.97. The summed E-state index contributed by atoms with van der Waals surface area (Å²) in [5.74, 6) is -0.256. The van der Waals surface area contributed by atoms with Gasteiger partial charge in [-0.25, -0.2) is 4.79 Å². The van der Waals surface area contributed by atoms with Crippen molar-refractivity contribution in [2.24, 2.45) is 0 Å². The number of carbonyl (C=O) groups is 1. The summed E-state index contributed by atoms with van der Waals surface area (Å²) in [5, 5.41) is 4.11. The number of hydrogen-bond acceptors (Lipinski definition) is 3. The molecule has 1 unspecified atom stereocenters. The number of hydrogen-bond donors (Lipinski definition) is 1. The lowest BCUT2D eigenvalue weighted by Gasteiger charge is -2.24. The Morgan fingerprint density at radius 2 is 2.00 bits per heavy atom. The van der Waals surface area contributed by atoms with Crippen molar-refractivity contribution in [3.8, 4) is 0 Å². The first-order valence-electron chi connectivity index (χ1n) is 7.40. The summed E-state index contributed by atoms with van der Waals surface area (Å²) >= 11 is 9.44. The number of benzene rings is 1. The Labute approximate surface area is 139 Å². The van der Waals surface area contributed by atoms with Crippen LogP contribution in [0.3, 0.4) is 0 Å². The molecule has 116 valence electrons. The second-order valence-corrected chi connectivity index (χ2v) is 6.75. The number of nitrogens with one attached hydrogen (secondary N) is 1. The number of ether oxygens (including phenoxy) is 1. The van der Waals surface area contributed by atoms with Gasteiger partial charge in [-0.05, 0) is 46.5 Å². The third kappa shape index (κ3) is 4.70. The molecule has 1 aromatic rings. The molecule has 0 saturated heterocycles. The van der Waals surface area contributed by atoms with Crippen LogP contribution in [0.2, 0.25) is 5.02 Å². The molecule has 0 heterocycles. The van der Waals surface area contributed by atoms with Crippen LogP contribution in [0.15, 0.2) is 22.7 Å². The predicted octanol–water partition coefficient (Wildman–Crippen LogP) is 4.63. The summed E-state index contributed by atoms with van der Waals surface area (Å²) < 4.78 is 5.75. The lowest BCUT2D eigenvalue weighted by atomic mass is 10.0. The van der Waals surface area contributed by atoms with E-state index in [4.69, 9.17) is 16.3 Å². The minimum Gasteiger partial charge on any atom is -0.468 e. The van der Waals surface area contributed by atoms with Gasteiger partial charge in [0.05, 0.1) is 12.1 Å². The molecule has 0 spiro atoms. The van der Waals surface area contributed by atoms with Gasteiger partial charge in [-0.3, -0.25) is 5.32 Å². The molecule has 1 N–H and O–H groups in total. The van der Waals surface area contributed by atoms with Crippen molar-refractivity contribution in [2.45, 2.75) is 50.6 Å². The Hall–Kier alpha value is -0.580.